The lowest BCUT2D eigenvalue weighted by Gasteiger charge is -2.23. The molecule has 4 rings (SSSR count). The van der Waals surface area contributed by atoms with Crippen molar-refractivity contribution in [1.82, 2.24) is 19.4 Å². The molecular formula is C25H26N4. The Labute approximate surface area is 172 Å². The maximum atomic E-state index is 4.60. The lowest BCUT2D eigenvalue weighted by molar-refractivity contribution is 0.243. The van der Waals surface area contributed by atoms with Gasteiger partial charge in [0.2, 0.25) is 0 Å². The van der Waals surface area contributed by atoms with E-state index in [4.69, 9.17) is 0 Å². The molecule has 3 heterocycles. The fraction of sp³-hybridized carbons (Fsp3) is 0.200. The fourth-order valence-electron chi connectivity index (χ4n) is 3.47. The lowest BCUT2D eigenvalue weighted by Crippen LogP contribution is -2.23. The van der Waals surface area contributed by atoms with Gasteiger partial charge in [0.15, 0.2) is 0 Å². The zero-order valence-corrected chi connectivity index (χ0v) is 17.0. The van der Waals surface area contributed by atoms with Crippen molar-refractivity contribution >= 4 is 0 Å². The van der Waals surface area contributed by atoms with Crippen LogP contribution in [-0.2, 0) is 19.6 Å². The number of nitrogens with zero attached hydrogens (tertiary/aromatic N) is 4. The summed E-state index contributed by atoms with van der Waals surface area (Å²) in [6.07, 6.45) is 7.72. The molecule has 4 nitrogen and oxygen atoms in total. The highest BCUT2D eigenvalue weighted by Crippen LogP contribution is 2.17. The minimum Gasteiger partial charge on any atom is -0.304 e. The Morgan fingerprint density at radius 2 is 1.45 bits per heavy atom. The highest BCUT2D eigenvalue weighted by molar-refractivity contribution is 5.29. The van der Waals surface area contributed by atoms with Crippen LogP contribution < -0.4 is 0 Å². The van der Waals surface area contributed by atoms with Crippen molar-refractivity contribution in [1.29, 1.82) is 0 Å². The third kappa shape index (κ3) is 4.98. The van der Waals surface area contributed by atoms with Gasteiger partial charge >= 0.3 is 0 Å². The minimum absolute atomic E-state index is 0.832. The Kier molecular flexibility index (Phi) is 5.82. The van der Waals surface area contributed by atoms with Gasteiger partial charge < -0.3 is 4.57 Å². The van der Waals surface area contributed by atoms with E-state index in [0.29, 0.717) is 0 Å². The molecule has 0 amide bonds. The summed E-state index contributed by atoms with van der Waals surface area (Å²) < 4.78 is 2.17. The molecule has 0 fully saturated rings. The second-order valence-corrected chi connectivity index (χ2v) is 7.55. The molecule has 0 aliphatic heterocycles. The summed E-state index contributed by atoms with van der Waals surface area (Å²) in [7, 11) is 0. The van der Waals surface area contributed by atoms with Crippen molar-refractivity contribution in [2.75, 3.05) is 0 Å². The van der Waals surface area contributed by atoms with Crippen LogP contribution in [0.25, 0.3) is 5.82 Å². The van der Waals surface area contributed by atoms with Crippen LogP contribution in [0, 0.1) is 13.8 Å². The molecule has 4 heteroatoms. The molecule has 0 bridgehead atoms. The first kappa shape index (κ1) is 19.1. The van der Waals surface area contributed by atoms with Gasteiger partial charge in [-0.1, -0.05) is 35.9 Å². The molecule has 0 atom stereocenters. The Balaban J connectivity index is 1.59. The zero-order chi connectivity index (χ0) is 20.1. The summed E-state index contributed by atoms with van der Waals surface area (Å²) in [4.78, 5) is 11.2. The number of benzene rings is 1. The third-order valence-corrected chi connectivity index (χ3v) is 5.04. The summed E-state index contributed by atoms with van der Waals surface area (Å²) in [6, 6.07) is 21.4. The number of aryl methyl sites for hydroxylation is 2. The summed E-state index contributed by atoms with van der Waals surface area (Å²) in [5.74, 6) is 0.954. The quantitative estimate of drug-likeness (QED) is 0.447. The highest BCUT2D eigenvalue weighted by atomic mass is 15.2. The minimum atomic E-state index is 0.832. The van der Waals surface area contributed by atoms with E-state index in [1.165, 1.54) is 27.9 Å². The van der Waals surface area contributed by atoms with E-state index >= 15 is 0 Å². The van der Waals surface area contributed by atoms with Crippen LogP contribution in [0.15, 0.2) is 85.5 Å². The second kappa shape index (κ2) is 8.84. The normalized spacial score (nSPS) is 11.1. The van der Waals surface area contributed by atoms with E-state index in [0.717, 1.165) is 25.5 Å². The van der Waals surface area contributed by atoms with Crippen LogP contribution >= 0.6 is 0 Å². The van der Waals surface area contributed by atoms with E-state index < -0.39 is 0 Å². The van der Waals surface area contributed by atoms with Crippen molar-refractivity contribution < 1.29 is 0 Å². The van der Waals surface area contributed by atoms with Gasteiger partial charge in [0.1, 0.15) is 5.82 Å². The van der Waals surface area contributed by atoms with Crippen LogP contribution in [0.4, 0.5) is 0 Å². The van der Waals surface area contributed by atoms with Gasteiger partial charge in [0, 0.05) is 50.1 Å². The fourth-order valence-corrected chi connectivity index (χ4v) is 3.47. The summed E-state index contributed by atoms with van der Waals surface area (Å²) >= 11 is 0. The summed E-state index contributed by atoms with van der Waals surface area (Å²) in [6.45, 7) is 6.77. The van der Waals surface area contributed by atoms with E-state index in [1.54, 1.807) is 0 Å². The predicted molar refractivity (Wildman–Crippen MR) is 117 cm³/mol. The predicted octanol–water partition coefficient (Wildman–Crippen LogP) is 5.09. The van der Waals surface area contributed by atoms with Gasteiger partial charge in [-0.2, -0.15) is 0 Å². The molecule has 0 N–H and O–H groups in total. The van der Waals surface area contributed by atoms with Crippen molar-refractivity contribution in [2.24, 2.45) is 0 Å². The molecule has 0 saturated carbocycles. The van der Waals surface area contributed by atoms with Gasteiger partial charge in [0.05, 0.1) is 0 Å². The van der Waals surface area contributed by atoms with E-state index in [2.05, 4.69) is 100 Å². The van der Waals surface area contributed by atoms with Gasteiger partial charge in [0.25, 0.3) is 0 Å². The van der Waals surface area contributed by atoms with Crippen molar-refractivity contribution in [3.05, 3.63) is 113 Å². The number of rotatable bonds is 7. The van der Waals surface area contributed by atoms with Gasteiger partial charge in [-0.3, -0.25) is 9.88 Å². The first-order valence-corrected chi connectivity index (χ1v) is 9.93. The van der Waals surface area contributed by atoms with Crippen LogP contribution in [0.1, 0.15) is 27.9 Å². The van der Waals surface area contributed by atoms with Crippen LogP contribution in [0.2, 0.25) is 0 Å². The molecule has 146 valence electrons. The third-order valence-electron chi connectivity index (χ3n) is 5.04. The monoisotopic (exact) mass is 382 g/mol. The highest BCUT2D eigenvalue weighted by Gasteiger charge is 2.12. The molecule has 4 aromatic rings. The van der Waals surface area contributed by atoms with Crippen molar-refractivity contribution in [3.8, 4) is 5.82 Å². The first-order chi connectivity index (χ1) is 14.2. The molecular weight excluding hydrogens is 356 g/mol. The largest absolute Gasteiger partial charge is 0.304 e. The second-order valence-electron chi connectivity index (χ2n) is 7.55. The average Bonchev–Trinajstić information content (AvgIpc) is 3.19. The van der Waals surface area contributed by atoms with E-state index in [1.807, 2.05) is 18.6 Å². The smallest absolute Gasteiger partial charge is 0.136 e. The zero-order valence-electron chi connectivity index (χ0n) is 17.0. The number of pyridine rings is 2. The van der Waals surface area contributed by atoms with Gasteiger partial charge in [-0.05, 0) is 60.9 Å². The first-order valence-electron chi connectivity index (χ1n) is 9.93. The van der Waals surface area contributed by atoms with Crippen LogP contribution in [0.5, 0.6) is 0 Å². The number of hydrogen-bond acceptors (Lipinski definition) is 3. The molecule has 0 aliphatic rings. The van der Waals surface area contributed by atoms with E-state index in [-0.39, 0.29) is 0 Å². The van der Waals surface area contributed by atoms with E-state index in [9.17, 15) is 0 Å². The van der Waals surface area contributed by atoms with Gasteiger partial charge in [-0.25, -0.2) is 4.98 Å². The van der Waals surface area contributed by atoms with Crippen molar-refractivity contribution in [2.45, 2.75) is 33.5 Å². The molecule has 0 unspecified atom stereocenters. The topological polar surface area (TPSA) is 34.0 Å². The Bertz CT molecular complexity index is 1030. The Morgan fingerprint density at radius 3 is 2.14 bits per heavy atom. The molecule has 0 spiro atoms. The number of aromatic nitrogens is 3. The molecule has 29 heavy (non-hydrogen) atoms. The molecule has 3 aromatic heterocycles. The SMILES string of the molecule is Cc1ccc(CN(Cc2ccncc2)Cc2cccn2-c2ccc(C)cn2)cc1. The average molecular weight is 383 g/mol. The molecule has 0 saturated heterocycles. The standard InChI is InChI=1S/C25H26N4/c1-20-5-8-22(9-6-20)17-28(18-23-11-13-26-14-12-23)19-24-4-3-15-29(24)25-10-7-21(2)16-27-25/h3-16H,17-19H2,1-2H3. The van der Waals surface area contributed by atoms with Gasteiger partial charge in [-0.15, -0.1) is 0 Å². The maximum Gasteiger partial charge on any atom is 0.136 e. The Morgan fingerprint density at radius 1 is 0.759 bits per heavy atom. The number of hydrogen-bond donors (Lipinski definition) is 0. The Hall–Kier alpha value is -3.24. The summed E-state index contributed by atoms with van der Waals surface area (Å²) in [5, 5.41) is 0. The lowest BCUT2D eigenvalue weighted by atomic mass is 10.1. The van der Waals surface area contributed by atoms with Crippen LogP contribution in [0.3, 0.4) is 0 Å². The van der Waals surface area contributed by atoms with Crippen LogP contribution in [-0.4, -0.2) is 19.4 Å². The summed E-state index contributed by atoms with van der Waals surface area (Å²) in [5.41, 5.74) is 6.26. The maximum absolute atomic E-state index is 4.60. The molecule has 0 radical (unpaired) electrons. The molecule has 1 aromatic carbocycles. The molecule has 0 aliphatic carbocycles. The van der Waals surface area contributed by atoms with Crippen molar-refractivity contribution in [3.63, 3.8) is 0 Å².